The van der Waals surface area contributed by atoms with E-state index in [0.717, 1.165) is 18.8 Å². The molecule has 0 radical (unpaired) electrons. The maximum Gasteiger partial charge on any atom is 0.338 e. The molecule has 39 heavy (non-hydrogen) atoms. The van der Waals surface area contributed by atoms with Crippen molar-refractivity contribution in [3.8, 4) is 17.2 Å². The van der Waals surface area contributed by atoms with Crippen LogP contribution in [0.2, 0.25) is 0 Å². The summed E-state index contributed by atoms with van der Waals surface area (Å²) < 4.78 is 18.3. The summed E-state index contributed by atoms with van der Waals surface area (Å²) in [4.78, 5) is 34.2. The van der Waals surface area contributed by atoms with Gasteiger partial charge in [-0.1, -0.05) is 11.3 Å². The topological polar surface area (TPSA) is 103 Å². The Hall–Kier alpha value is -4.05. The Bertz CT molecular complexity index is 1600. The molecule has 0 bridgehead atoms. The molecule has 2 aromatic carbocycles. The number of anilines is 1. The predicted molar refractivity (Wildman–Crippen MR) is 152 cm³/mol. The molecular formula is C29H33N3O6S. The lowest BCUT2D eigenvalue weighted by molar-refractivity contribution is -0.139. The largest absolute Gasteiger partial charge is 0.507 e. The van der Waals surface area contributed by atoms with Crippen molar-refractivity contribution in [1.82, 2.24) is 4.57 Å². The fourth-order valence-electron chi connectivity index (χ4n) is 4.72. The van der Waals surface area contributed by atoms with Crippen LogP contribution < -0.4 is 29.3 Å². The third-order valence-corrected chi connectivity index (χ3v) is 7.66. The Morgan fingerprint density at radius 2 is 1.87 bits per heavy atom. The normalized spacial score (nSPS) is 15.0. The van der Waals surface area contributed by atoms with Crippen molar-refractivity contribution in [3.05, 3.63) is 78.5 Å². The van der Waals surface area contributed by atoms with Gasteiger partial charge in [-0.05, 0) is 64.1 Å². The number of thiazole rings is 1. The van der Waals surface area contributed by atoms with Gasteiger partial charge in [0.1, 0.15) is 23.3 Å². The van der Waals surface area contributed by atoms with Gasteiger partial charge in [-0.2, -0.15) is 0 Å². The van der Waals surface area contributed by atoms with Crippen LogP contribution in [0.1, 0.15) is 44.9 Å². The average molecular weight is 552 g/mol. The molecule has 3 aromatic rings. The molecule has 1 aliphatic heterocycles. The van der Waals surface area contributed by atoms with Crippen molar-refractivity contribution in [2.24, 2.45) is 4.99 Å². The average Bonchev–Trinajstić information content (AvgIpc) is 3.23. The number of phenolic OH excluding ortho intramolecular Hbond substituents is 1. The van der Waals surface area contributed by atoms with Crippen molar-refractivity contribution in [1.29, 1.82) is 0 Å². The van der Waals surface area contributed by atoms with Crippen molar-refractivity contribution < 1.29 is 24.1 Å². The number of fused-ring (bicyclic) bond motifs is 1. The van der Waals surface area contributed by atoms with Crippen LogP contribution in [0.25, 0.3) is 6.08 Å². The van der Waals surface area contributed by atoms with Crippen molar-refractivity contribution in [2.75, 3.05) is 38.8 Å². The second kappa shape index (κ2) is 11.8. The van der Waals surface area contributed by atoms with E-state index in [1.165, 1.54) is 23.0 Å². The Balaban J connectivity index is 1.95. The maximum atomic E-state index is 13.9. The number of aromatic hydroxyl groups is 1. The lowest BCUT2D eigenvalue weighted by Crippen LogP contribution is -2.40. The molecule has 206 valence electrons. The quantitative estimate of drug-likeness (QED) is 0.407. The number of carbonyl (C=O) groups is 1. The third-order valence-electron chi connectivity index (χ3n) is 6.68. The molecule has 9 nitrogen and oxygen atoms in total. The number of methoxy groups -OCH3 is 2. The van der Waals surface area contributed by atoms with Gasteiger partial charge in [0.15, 0.2) is 4.80 Å². The second-order valence-electron chi connectivity index (χ2n) is 8.83. The summed E-state index contributed by atoms with van der Waals surface area (Å²) >= 11 is 1.19. The number of benzene rings is 2. The van der Waals surface area contributed by atoms with Crippen LogP contribution in [0, 0.1) is 0 Å². The summed E-state index contributed by atoms with van der Waals surface area (Å²) in [7, 11) is 3.07. The highest BCUT2D eigenvalue weighted by atomic mass is 32.1. The van der Waals surface area contributed by atoms with Crippen LogP contribution >= 0.6 is 11.3 Å². The Labute approximate surface area is 230 Å². The number of ether oxygens (including phenoxy) is 3. The minimum atomic E-state index is -0.855. The van der Waals surface area contributed by atoms with E-state index < -0.39 is 12.0 Å². The molecule has 0 unspecified atom stereocenters. The Morgan fingerprint density at radius 1 is 1.13 bits per heavy atom. The van der Waals surface area contributed by atoms with E-state index in [-0.39, 0.29) is 23.5 Å². The van der Waals surface area contributed by atoms with Gasteiger partial charge < -0.3 is 24.2 Å². The Kier molecular flexibility index (Phi) is 8.44. The number of carbonyl (C=O) groups excluding carboxylic acids is 1. The van der Waals surface area contributed by atoms with Crippen LogP contribution in [0.3, 0.4) is 0 Å². The van der Waals surface area contributed by atoms with Crippen molar-refractivity contribution >= 4 is 29.1 Å². The second-order valence-corrected chi connectivity index (χ2v) is 9.83. The van der Waals surface area contributed by atoms with Crippen molar-refractivity contribution in [2.45, 2.75) is 33.7 Å². The van der Waals surface area contributed by atoms with Crippen LogP contribution in [0.15, 0.2) is 57.5 Å². The fourth-order valence-corrected chi connectivity index (χ4v) is 5.76. The Morgan fingerprint density at radius 3 is 2.49 bits per heavy atom. The third kappa shape index (κ3) is 5.29. The molecular weight excluding hydrogens is 518 g/mol. The molecule has 0 saturated carbocycles. The number of phenols is 1. The van der Waals surface area contributed by atoms with Gasteiger partial charge in [-0.25, -0.2) is 9.79 Å². The number of rotatable bonds is 9. The first-order valence-electron chi connectivity index (χ1n) is 12.8. The summed E-state index contributed by atoms with van der Waals surface area (Å²) in [5.41, 5.74) is 2.31. The highest BCUT2D eigenvalue weighted by Crippen LogP contribution is 2.38. The molecule has 1 aliphatic rings. The first-order chi connectivity index (χ1) is 18.8. The molecule has 0 fully saturated rings. The molecule has 1 atom stereocenters. The molecule has 0 amide bonds. The molecule has 1 aromatic heterocycles. The molecule has 4 rings (SSSR count). The highest BCUT2D eigenvalue weighted by Gasteiger charge is 2.35. The van der Waals surface area contributed by atoms with E-state index in [2.05, 4.69) is 23.7 Å². The summed E-state index contributed by atoms with van der Waals surface area (Å²) in [6, 6.07) is 9.78. The summed E-state index contributed by atoms with van der Waals surface area (Å²) in [6.45, 7) is 9.34. The summed E-state index contributed by atoms with van der Waals surface area (Å²) in [6.07, 6.45) is 1.65. The molecule has 1 N–H and O–H groups in total. The van der Waals surface area contributed by atoms with Crippen LogP contribution in [-0.2, 0) is 9.53 Å². The zero-order valence-corrected chi connectivity index (χ0v) is 23.8. The number of aromatic nitrogens is 1. The van der Waals surface area contributed by atoms with Gasteiger partial charge in [-0.15, -0.1) is 0 Å². The number of hydrogen-bond donors (Lipinski definition) is 1. The van der Waals surface area contributed by atoms with Crippen LogP contribution in [-0.4, -0.2) is 49.6 Å². The zero-order valence-electron chi connectivity index (χ0n) is 23.0. The number of hydrogen-bond acceptors (Lipinski definition) is 9. The number of allylic oxidation sites excluding steroid dienone is 1. The lowest BCUT2D eigenvalue weighted by atomic mass is 9.94. The minimum absolute atomic E-state index is 0.0691. The van der Waals surface area contributed by atoms with E-state index in [9.17, 15) is 14.7 Å². The molecule has 0 saturated heterocycles. The standard InChI is InChI=1S/C29H33N3O6S/c1-7-31(8-2)19-11-10-18(22(33)15-19)14-24-27(34)32-26(21-16-20(36-5)12-13-23(21)37-6)25(28(35)38-9-3)17(4)30-29(32)39-24/h10-16,26,33H,7-9H2,1-6H3/b24-14-/t26-/m0/s1. The molecule has 0 spiro atoms. The molecule has 2 heterocycles. The van der Waals surface area contributed by atoms with Crippen LogP contribution in [0.4, 0.5) is 5.69 Å². The van der Waals surface area contributed by atoms with E-state index in [0.29, 0.717) is 37.7 Å². The van der Waals surface area contributed by atoms with Crippen molar-refractivity contribution in [3.63, 3.8) is 0 Å². The first-order valence-corrected chi connectivity index (χ1v) is 13.6. The van der Waals surface area contributed by atoms with Gasteiger partial charge in [0, 0.05) is 36.0 Å². The van der Waals surface area contributed by atoms with Gasteiger partial charge in [-0.3, -0.25) is 9.36 Å². The monoisotopic (exact) mass is 551 g/mol. The number of esters is 1. The summed E-state index contributed by atoms with van der Waals surface area (Å²) in [5.74, 6) is 0.535. The lowest BCUT2D eigenvalue weighted by Gasteiger charge is -2.26. The smallest absolute Gasteiger partial charge is 0.338 e. The van der Waals surface area contributed by atoms with Gasteiger partial charge in [0.05, 0.1) is 36.6 Å². The number of nitrogens with zero attached hydrogens (tertiary/aromatic N) is 3. The summed E-state index contributed by atoms with van der Waals surface area (Å²) in [5, 5.41) is 10.8. The van der Waals surface area contributed by atoms with Gasteiger partial charge in [0.2, 0.25) is 0 Å². The van der Waals surface area contributed by atoms with Gasteiger partial charge in [0.25, 0.3) is 5.56 Å². The van der Waals surface area contributed by atoms with E-state index >= 15 is 0 Å². The zero-order chi connectivity index (χ0) is 28.3. The molecule has 0 aliphatic carbocycles. The SMILES string of the molecule is CCOC(=O)C1=C(C)N=c2s/c(=C\c3ccc(N(CC)CC)cc3O)c(=O)n2[C@H]1c1cc(OC)ccc1OC. The fraction of sp³-hybridized carbons (Fsp3) is 0.345. The van der Waals surface area contributed by atoms with E-state index in [4.69, 9.17) is 14.2 Å². The van der Waals surface area contributed by atoms with E-state index in [1.54, 1.807) is 57.4 Å². The highest BCUT2D eigenvalue weighted by molar-refractivity contribution is 7.07. The first kappa shape index (κ1) is 28.0. The maximum absolute atomic E-state index is 13.9. The molecule has 10 heteroatoms. The van der Waals surface area contributed by atoms with E-state index in [1.807, 2.05) is 6.07 Å². The van der Waals surface area contributed by atoms with Gasteiger partial charge >= 0.3 is 5.97 Å². The van der Waals surface area contributed by atoms with Crippen LogP contribution in [0.5, 0.6) is 17.2 Å². The minimum Gasteiger partial charge on any atom is -0.507 e. The predicted octanol–water partition coefficient (Wildman–Crippen LogP) is 3.37.